The molecule has 7 nitrogen and oxygen atoms in total. The van der Waals surface area contributed by atoms with Gasteiger partial charge in [-0.05, 0) is 57.3 Å². The summed E-state index contributed by atoms with van der Waals surface area (Å²) in [6.45, 7) is 3.33. The molecule has 4 heterocycles. The molecule has 4 aromatic rings. The minimum absolute atomic E-state index is 0.563. The van der Waals surface area contributed by atoms with Crippen molar-refractivity contribution in [3.8, 4) is 0 Å². The highest BCUT2D eigenvalue weighted by molar-refractivity contribution is 7.22. The van der Waals surface area contributed by atoms with E-state index >= 15 is 0 Å². The van der Waals surface area contributed by atoms with Crippen LogP contribution in [0.1, 0.15) is 17.7 Å². The first-order chi connectivity index (χ1) is 15.6. The van der Waals surface area contributed by atoms with Crippen molar-refractivity contribution in [2.75, 3.05) is 50.6 Å². The van der Waals surface area contributed by atoms with Crippen molar-refractivity contribution >= 4 is 49.3 Å². The third kappa shape index (κ3) is 3.62. The standard InChI is InChI=1S/C24H27N5O2S/c1-28(2)16-4-6-20-18(14-16)17-5-8-22(27-23(17)31-20)25-15-3-7-21-19(13-15)26-24(32-21)29-9-11-30-12-10-29/h3,5,7-8,13,16H,4,6,9-12,14H2,1-2H3,(H,25,27). The molecule has 0 saturated carbocycles. The number of nitrogens with one attached hydrogen (secondary N) is 1. The summed E-state index contributed by atoms with van der Waals surface area (Å²) >= 11 is 1.74. The molecule has 2 aliphatic rings. The number of hydrogen-bond donors (Lipinski definition) is 1. The number of ether oxygens (including phenoxy) is 1. The van der Waals surface area contributed by atoms with Gasteiger partial charge in [-0.2, -0.15) is 4.98 Å². The van der Waals surface area contributed by atoms with Gasteiger partial charge in [-0.25, -0.2) is 4.98 Å². The average molecular weight is 450 g/mol. The van der Waals surface area contributed by atoms with E-state index in [9.17, 15) is 0 Å². The zero-order valence-electron chi connectivity index (χ0n) is 18.4. The van der Waals surface area contributed by atoms with Crippen LogP contribution < -0.4 is 10.2 Å². The van der Waals surface area contributed by atoms with Crippen molar-refractivity contribution in [1.29, 1.82) is 0 Å². The molecule has 1 aromatic carbocycles. The van der Waals surface area contributed by atoms with Gasteiger partial charge in [-0.3, -0.25) is 0 Å². The summed E-state index contributed by atoms with van der Waals surface area (Å²) in [5.41, 5.74) is 4.03. The van der Waals surface area contributed by atoms with Crippen LogP contribution in [0.25, 0.3) is 21.3 Å². The monoisotopic (exact) mass is 449 g/mol. The van der Waals surface area contributed by atoms with Crippen molar-refractivity contribution in [2.24, 2.45) is 0 Å². The van der Waals surface area contributed by atoms with Gasteiger partial charge in [0, 0.05) is 42.2 Å². The van der Waals surface area contributed by atoms with Gasteiger partial charge in [0.2, 0.25) is 5.71 Å². The Bertz CT molecular complexity index is 1270. The fourth-order valence-electron chi connectivity index (χ4n) is 4.68. The molecule has 6 rings (SSSR count). The van der Waals surface area contributed by atoms with Crippen molar-refractivity contribution in [1.82, 2.24) is 14.9 Å². The highest BCUT2D eigenvalue weighted by Gasteiger charge is 2.26. The van der Waals surface area contributed by atoms with Gasteiger partial charge in [0.05, 0.1) is 23.4 Å². The summed E-state index contributed by atoms with van der Waals surface area (Å²) in [5.74, 6) is 1.89. The first kappa shape index (κ1) is 20.0. The van der Waals surface area contributed by atoms with E-state index < -0.39 is 0 Å². The number of hydrogen-bond acceptors (Lipinski definition) is 8. The molecule has 1 atom stereocenters. The molecule has 1 aliphatic carbocycles. The molecular formula is C24H27N5O2S. The van der Waals surface area contributed by atoms with Crippen LogP contribution in [0.3, 0.4) is 0 Å². The number of thiazole rings is 1. The zero-order chi connectivity index (χ0) is 21.7. The van der Waals surface area contributed by atoms with Gasteiger partial charge in [0.1, 0.15) is 11.6 Å². The van der Waals surface area contributed by atoms with Crippen molar-refractivity contribution in [3.05, 3.63) is 41.7 Å². The van der Waals surface area contributed by atoms with Crippen LogP contribution in [0, 0.1) is 0 Å². The van der Waals surface area contributed by atoms with E-state index in [1.54, 1.807) is 11.3 Å². The summed E-state index contributed by atoms with van der Waals surface area (Å²) in [5, 5.41) is 5.64. The maximum atomic E-state index is 6.14. The zero-order valence-corrected chi connectivity index (χ0v) is 19.2. The fourth-order valence-corrected chi connectivity index (χ4v) is 5.68. The van der Waals surface area contributed by atoms with E-state index in [1.807, 2.05) is 6.07 Å². The molecular weight excluding hydrogens is 422 g/mol. The van der Waals surface area contributed by atoms with Gasteiger partial charge in [-0.15, -0.1) is 0 Å². The summed E-state index contributed by atoms with van der Waals surface area (Å²) < 4.78 is 12.8. The van der Waals surface area contributed by atoms with Crippen LogP contribution in [0.5, 0.6) is 0 Å². The van der Waals surface area contributed by atoms with Crippen LogP contribution >= 0.6 is 11.3 Å². The molecule has 1 N–H and O–H groups in total. The number of rotatable bonds is 4. The Balaban J connectivity index is 1.25. The third-order valence-corrected chi connectivity index (χ3v) is 7.64. The molecule has 32 heavy (non-hydrogen) atoms. The number of likely N-dealkylation sites (N-methyl/N-ethyl adjacent to an activating group) is 1. The van der Waals surface area contributed by atoms with E-state index in [1.165, 1.54) is 10.3 Å². The van der Waals surface area contributed by atoms with E-state index in [4.69, 9.17) is 19.1 Å². The van der Waals surface area contributed by atoms with E-state index in [0.717, 1.165) is 84.6 Å². The normalized spacial score (nSPS) is 19.1. The van der Waals surface area contributed by atoms with Crippen molar-refractivity contribution in [2.45, 2.75) is 25.3 Å². The van der Waals surface area contributed by atoms with Crippen LogP contribution in [-0.4, -0.2) is 61.3 Å². The highest BCUT2D eigenvalue weighted by atomic mass is 32.1. The Kier molecular flexibility index (Phi) is 5.01. The summed E-state index contributed by atoms with van der Waals surface area (Å²) in [6.07, 6.45) is 3.13. The minimum Gasteiger partial charge on any atom is -0.442 e. The molecule has 1 fully saturated rings. The number of aryl methyl sites for hydroxylation is 1. The number of morpholine rings is 1. The molecule has 1 unspecified atom stereocenters. The number of fused-ring (bicyclic) bond motifs is 4. The van der Waals surface area contributed by atoms with Gasteiger partial charge >= 0.3 is 0 Å². The van der Waals surface area contributed by atoms with Crippen LogP contribution in [-0.2, 0) is 17.6 Å². The van der Waals surface area contributed by atoms with Gasteiger partial charge in [0.15, 0.2) is 5.13 Å². The number of nitrogens with zero attached hydrogens (tertiary/aromatic N) is 4. The lowest BCUT2D eigenvalue weighted by Gasteiger charge is -2.27. The largest absolute Gasteiger partial charge is 0.442 e. The molecule has 166 valence electrons. The maximum absolute atomic E-state index is 6.14. The molecule has 1 aliphatic heterocycles. The summed E-state index contributed by atoms with van der Waals surface area (Å²) in [6, 6.07) is 11.1. The van der Waals surface area contributed by atoms with Gasteiger partial charge in [0.25, 0.3) is 0 Å². The predicted molar refractivity (Wildman–Crippen MR) is 129 cm³/mol. The number of anilines is 3. The van der Waals surface area contributed by atoms with Gasteiger partial charge < -0.3 is 24.3 Å². The minimum atomic E-state index is 0.563. The quantitative estimate of drug-likeness (QED) is 0.494. The highest BCUT2D eigenvalue weighted by Crippen LogP contribution is 2.34. The average Bonchev–Trinajstić information content (AvgIpc) is 3.39. The first-order valence-electron chi connectivity index (χ1n) is 11.2. The van der Waals surface area contributed by atoms with Crippen molar-refractivity contribution < 1.29 is 9.15 Å². The molecule has 0 spiro atoms. The molecule has 8 heteroatoms. The number of pyridine rings is 1. The molecule has 0 amide bonds. The fraction of sp³-hybridized carbons (Fsp3) is 0.417. The number of benzene rings is 1. The Morgan fingerprint density at radius 3 is 2.84 bits per heavy atom. The first-order valence-corrected chi connectivity index (χ1v) is 12.0. The van der Waals surface area contributed by atoms with Crippen molar-refractivity contribution in [3.63, 3.8) is 0 Å². The molecule has 3 aromatic heterocycles. The Morgan fingerprint density at radius 1 is 1.12 bits per heavy atom. The Morgan fingerprint density at radius 2 is 2.00 bits per heavy atom. The summed E-state index contributed by atoms with van der Waals surface area (Å²) in [7, 11) is 4.31. The van der Waals surface area contributed by atoms with Crippen LogP contribution in [0.4, 0.5) is 16.6 Å². The smallest absolute Gasteiger partial charge is 0.228 e. The Hall–Kier alpha value is -2.68. The number of aromatic nitrogens is 2. The SMILES string of the molecule is CN(C)C1CCc2oc3nc(Nc4ccc5sc(N6CCOCC6)nc5c4)ccc3c2C1. The van der Waals surface area contributed by atoms with E-state index in [-0.39, 0.29) is 0 Å². The van der Waals surface area contributed by atoms with Crippen LogP contribution in [0.15, 0.2) is 34.7 Å². The van der Waals surface area contributed by atoms with E-state index in [2.05, 4.69) is 53.5 Å². The second-order valence-corrected chi connectivity index (χ2v) is 9.83. The Labute approximate surface area is 191 Å². The molecule has 0 bridgehead atoms. The predicted octanol–water partition coefficient (Wildman–Crippen LogP) is 4.44. The second-order valence-electron chi connectivity index (χ2n) is 8.82. The van der Waals surface area contributed by atoms with Gasteiger partial charge in [-0.1, -0.05) is 11.3 Å². The molecule has 0 radical (unpaired) electrons. The lowest BCUT2D eigenvalue weighted by Crippen LogP contribution is -2.36. The molecule has 1 saturated heterocycles. The summed E-state index contributed by atoms with van der Waals surface area (Å²) in [4.78, 5) is 14.2. The van der Waals surface area contributed by atoms with E-state index in [0.29, 0.717) is 6.04 Å². The topological polar surface area (TPSA) is 66.7 Å². The van der Waals surface area contributed by atoms with Crippen LogP contribution in [0.2, 0.25) is 0 Å². The lowest BCUT2D eigenvalue weighted by atomic mass is 9.91. The second kappa shape index (κ2) is 8.03. The third-order valence-electron chi connectivity index (χ3n) is 6.55. The lowest BCUT2D eigenvalue weighted by molar-refractivity contribution is 0.122. The number of furan rings is 1. The maximum Gasteiger partial charge on any atom is 0.228 e.